The molecule has 0 fully saturated rings. The van der Waals surface area contributed by atoms with Gasteiger partial charge in [0.2, 0.25) is 0 Å². The number of amides is 1. The van der Waals surface area contributed by atoms with Crippen molar-refractivity contribution in [2.24, 2.45) is 7.05 Å². The topological polar surface area (TPSA) is 46.9 Å². The summed E-state index contributed by atoms with van der Waals surface area (Å²) in [6, 6.07) is 23.8. The van der Waals surface area contributed by atoms with Crippen LogP contribution in [0.15, 0.2) is 72.8 Å². The van der Waals surface area contributed by atoms with Crippen LogP contribution in [-0.4, -0.2) is 15.5 Å². The van der Waals surface area contributed by atoms with Crippen LogP contribution >= 0.6 is 0 Å². The molecule has 0 spiro atoms. The highest BCUT2D eigenvalue weighted by Gasteiger charge is 2.09. The second kappa shape index (κ2) is 7.69. The van der Waals surface area contributed by atoms with Crippen molar-refractivity contribution in [1.29, 1.82) is 0 Å². The van der Waals surface area contributed by atoms with Gasteiger partial charge < -0.3 is 9.88 Å². The quantitative estimate of drug-likeness (QED) is 0.543. The van der Waals surface area contributed by atoms with Crippen molar-refractivity contribution in [2.45, 2.75) is 19.8 Å². The number of hydrogen-bond donors (Lipinski definition) is 1. The molecule has 1 N–H and O–H groups in total. The summed E-state index contributed by atoms with van der Waals surface area (Å²) in [5.74, 6) is 0.978. The number of carbonyl (C=O) groups is 1. The summed E-state index contributed by atoms with van der Waals surface area (Å²) >= 11 is 0. The highest BCUT2D eigenvalue weighted by atomic mass is 16.1. The van der Waals surface area contributed by atoms with E-state index in [1.165, 1.54) is 5.56 Å². The number of benzene rings is 3. The van der Waals surface area contributed by atoms with Crippen molar-refractivity contribution in [3.05, 3.63) is 95.3 Å². The van der Waals surface area contributed by atoms with Gasteiger partial charge in [0, 0.05) is 24.7 Å². The van der Waals surface area contributed by atoms with Gasteiger partial charge in [-0.2, -0.15) is 0 Å². The first-order valence-electron chi connectivity index (χ1n) is 9.47. The van der Waals surface area contributed by atoms with Crippen LogP contribution in [0.2, 0.25) is 0 Å². The molecule has 0 aliphatic rings. The van der Waals surface area contributed by atoms with Crippen molar-refractivity contribution in [3.8, 4) is 0 Å². The van der Waals surface area contributed by atoms with Gasteiger partial charge in [-0.25, -0.2) is 4.98 Å². The van der Waals surface area contributed by atoms with Crippen molar-refractivity contribution >= 4 is 22.6 Å². The predicted molar refractivity (Wildman–Crippen MR) is 114 cm³/mol. The molecule has 0 saturated heterocycles. The van der Waals surface area contributed by atoms with E-state index in [1.807, 2.05) is 67.6 Å². The minimum absolute atomic E-state index is 0.0869. The SMILES string of the molecule is Cc1cccc(C(=O)Nc2cccc(CCc3nc4ccccc4n3C)c2)c1. The Morgan fingerprint density at radius 1 is 0.964 bits per heavy atom. The fraction of sp³-hybridized carbons (Fsp3) is 0.167. The summed E-state index contributed by atoms with van der Waals surface area (Å²) in [5, 5.41) is 3.00. The molecule has 0 radical (unpaired) electrons. The number of aryl methyl sites for hydroxylation is 4. The van der Waals surface area contributed by atoms with Gasteiger partial charge in [0.05, 0.1) is 11.0 Å². The highest BCUT2D eigenvalue weighted by Crippen LogP contribution is 2.18. The minimum atomic E-state index is -0.0869. The number of fused-ring (bicyclic) bond motifs is 1. The predicted octanol–water partition coefficient (Wildman–Crippen LogP) is 4.92. The fourth-order valence-electron chi connectivity index (χ4n) is 3.47. The fourth-order valence-corrected chi connectivity index (χ4v) is 3.47. The average Bonchev–Trinajstić information content (AvgIpc) is 3.03. The maximum absolute atomic E-state index is 12.5. The first-order chi connectivity index (χ1) is 13.6. The van der Waals surface area contributed by atoms with Crippen LogP contribution in [0.1, 0.15) is 27.3 Å². The number of nitrogens with one attached hydrogen (secondary N) is 1. The number of rotatable bonds is 5. The Labute approximate surface area is 164 Å². The van der Waals surface area contributed by atoms with Crippen molar-refractivity contribution in [1.82, 2.24) is 9.55 Å². The molecule has 4 nitrogen and oxygen atoms in total. The van der Waals surface area contributed by atoms with Gasteiger partial charge in [-0.15, -0.1) is 0 Å². The molecular formula is C24H23N3O. The third-order valence-electron chi connectivity index (χ3n) is 4.98. The molecule has 1 heterocycles. The molecule has 4 rings (SSSR count). The molecule has 3 aromatic carbocycles. The second-order valence-corrected chi connectivity index (χ2v) is 7.10. The summed E-state index contributed by atoms with van der Waals surface area (Å²) in [7, 11) is 2.06. The Bertz CT molecular complexity index is 1140. The first-order valence-corrected chi connectivity index (χ1v) is 9.47. The maximum Gasteiger partial charge on any atom is 0.255 e. The van der Waals surface area contributed by atoms with Crippen LogP contribution in [0.25, 0.3) is 11.0 Å². The molecular weight excluding hydrogens is 346 g/mol. The smallest absolute Gasteiger partial charge is 0.255 e. The maximum atomic E-state index is 12.5. The highest BCUT2D eigenvalue weighted by molar-refractivity contribution is 6.04. The molecule has 4 heteroatoms. The second-order valence-electron chi connectivity index (χ2n) is 7.10. The van der Waals surface area contributed by atoms with E-state index in [9.17, 15) is 4.79 Å². The summed E-state index contributed by atoms with van der Waals surface area (Å²) < 4.78 is 2.15. The Kier molecular flexibility index (Phi) is 4.94. The lowest BCUT2D eigenvalue weighted by Gasteiger charge is -2.08. The summed E-state index contributed by atoms with van der Waals surface area (Å²) in [5.41, 5.74) is 5.91. The van der Waals surface area contributed by atoms with Gasteiger partial charge in [0.1, 0.15) is 5.82 Å². The van der Waals surface area contributed by atoms with Gasteiger partial charge in [0.25, 0.3) is 5.91 Å². The lowest BCUT2D eigenvalue weighted by Crippen LogP contribution is -2.12. The molecule has 0 unspecified atom stereocenters. The molecule has 28 heavy (non-hydrogen) atoms. The van der Waals surface area contributed by atoms with Gasteiger partial charge in [-0.05, 0) is 55.3 Å². The minimum Gasteiger partial charge on any atom is -0.331 e. The van der Waals surface area contributed by atoms with Crippen LogP contribution in [-0.2, 0) is 19.9 Å². The van der Waals surface area contributed by atoms with Crippen molar-refractivity contribution < 1.29 is 4.79 Å². The molecule has 1 amide bonds. The van der Waals surface area contributed by atoms with Gasteiger partial charge >= 0.3 is 0 Å². The Hall–Kier alpha value is -3.40. The van der Waals surface area contributed by atoms with E-state index < -0.39 is 0 Å². The number of nitrogens with zero attached hydrogens (tertiary/aromatic N) is 2. The van der Waals surface area contributed by atoms with Gasteiger partial charge in [-0.3, -0.25) is 4.79 Å². The number of aromatic nitrogens is 2. The third-order valence-corrected chi connectivity index (χ3v) is 4.98. The summed E-state index contributed by atoms with van der Waals surface area (Å²) in [4.78, 5) is 17.2. The standard InChI is InChI=1S/C24H23N3O/c1-17-7-5-9-19(15-17)24(28)25-20-10-6-8-18(16-20)13-14-23-26-21-11-3-4-12-22(21)27(23)2/h3-12,15-16H,13-14H2,1-2H3,(H,25,28). The van der Waals surface area contributed by atoms with Crippen molar-refractivity contribution in [2.75, 3.05) is 5.32 Å². The molecule has 140 valence electrons. The molecule has 1 aromatic heterocycles. The normalized spacial score (nSPS) is 10.9. The van der Waals surface area contributed by atoms with E-state index in [0.717, 1.165) is 41.0 Å². The van der Waals surface area contributed by atoms with Gasteiger partial charge in [-0.1, -0.05) is 42.0 Å². The molecule has 0 bridgehead atoms. The van der Waals surface area contributed by atoms with Crippen LogP contribution in [0.3, 0.4) is 0 Å². The zero-order valence-electron chi connectivity index (χ0n) is 16.1. The third kappa shape index (κ3) is 3.81. The van der Waals surface area contributed by atoms with E-state index in [0.29, 0.717) is 5.56 Å². The van der Waals surface area contributed by atoms with Crippen LogP contribution in [0.4, 0.5) is 5.69 Å². The number of anilines is 1. The Balaban J connectivity index is 1.46. The lowest BCUT2D eigenvalue weighted by molar-refractivity contribution is 0.102. The van der Waals surface area contributed by atoms with E-state index in [4.69, 9.17) is 4.98 Å². The Morgan fingerprint density at radius 3 is 2.61 bits per heavy atom. The average molecular weight is 369 g/mol. The van der Waals surface area contributed by atoms with Crippen LogP contribution < -0.4 is 5.32 Å². The summed E-state index contributed by atoms with van der Waals surface area (Å²) in [6.45, 7) is 1.98. The largest absolute Gasteiger partial charge is 0.331 e. The number of hydrogen-bond acceptors (Lipinski definition) is 2. The molecule has 0 atom stereocenters. The molecule has 0 saturated carbocycles. The number of para-hydroxylation sites is 2. The zero-order chi connectivity index (χ0) is 19.5. The van der Waals surface area contributed by atoms with E-state index in [2.05, 4.69) is 29.1 Å². The van der Waals surface area contributed by atoms with E-state index in [1.54, 1.807) is 0 Å². The molecule has 4 aromatic rings. The number of carbonyl (C=O) groups excluding carboxylic acids is 1. The molecule has 0 aliphatic heterocycles. The molecule has 0 aliphatic carbocycles. The summed E-state index contributed by atoms with van der Waals surface area (Å²) in [6.07, 6.45) is 1.71. The van der Waals surface area contributed by atoms with E-state index in [-0.39, 0.29) is 5.91 Å². The first kappa shape index (κ1) is 18.0. The van der Waals surface area contributed by atoms with E-state index >= 15 is 0 Å². The van der Waals surface area contributed by atoms with Gasteiger partial charge in [0.15, 0.2) is 0 Å². The number of imidazole rings is 1. The Morgan fingerprint density at radius 2 is 1.79 bits per heavy atom. The van der Waals surface area contributed by atoms with Crippen LogP contribution in [0, 0.1) is 6.92 Å². The lowest BCUT2D eigenvalue weighted by atomic mass is 10.1. The monoisotopic (exact) mass is 369 g/mol. The zero-order valence-corrected chi connectivity index (χ0v) is 16.1. The van der Waals surface area contributed by atoms with Crippen molar-refractivity contribution in [3.63, 3.8) is 0 Å². The van der Waals surface area contributed by atoms with Crippen LogP contribution in [0.5, 0.6) is 0 Å².